The number of likely N-dealkylation sites (tertiary alicyclic amines) is 1. The number of hydrogen-bond acceptors (Lipinski definition) is 3. The molecule has 0 spiro atoms. The first-order chi connectivity index (χ1) is 8.18. The summed E-state index contributed by atoms with van der Waals surface area (Å²) in [7, 11) is 0. The summed E-state index contributed by atoms with van der Waals surface area (Å²) in [6.45, 7) is 0.622. The average molecular weight is 257 g/mol. The van der Waals surface area contributed by atoms with Crippen molar-refractivity contribution in [3.63, 3.8) is 0 Å². The monoisotopic (exact) mass is 257 g/mol. The Morgan fingerprint density at radius 3 is 2.59 bits per heavy atom. The summed E-state index contributed by atoms with van der Waals surface area (Å²) in [6, 6.07) is -0.569. The molecule has 2 saturated heterocycles. The zero-order valence-corrected chi connectivity index (χ0v) is 10.7. The van der Waals surface area contributed by atoms with Crippen molar-refractivity contribution in [1.82, 2.24) is 4.90 Å². The van der Waals surface area contributed by atoms with Crippen molar-refractivity contribution >= 4 is 23.6 Å². The molecule has 0 aliphatic carbocycles. The maximum atomic E-state index is 12.1. The molecule has 0 unspecified atom stereocenters. The third-order valence-corrected chi connectivity index (χ3v) is 4.71. The van der Waals surface area contributed by atoms with E-state index in [4.69, 9.17) is 5.11 Å². The first kappa shape index (κ1) is 12.7. The molecule has 0 aromatic rings. The maximum Gasteiger partial charge on any atom is 0.326 e. The first-order valence-electron chi connectivity index (χ1n) is 6.28. The van der Waals surface area contributed by atoms with E-state index in [1.807, 2.05) is 11.8 Å². The minimum Gasteiger partial charge on any atom is -0.480 e. The molecule has 4 nitrogen and oxygen atoms in total. The quantitative estimate of drug-likeness (QED) is 0.834. The molecular formula is C12H19NO3S. The van der Waals surface area contributed by atoms with Crippen LogP contribution in [0.1, 0.15) is 32.1 Å². The van der Waals surface area contributed by atoms with Crippen molar-refractivity contribution < 1.29 is 14.7 Å². The van der Waals surface area contributed by atoms with Gasteiger partial charge in [-0.3, -0.25) is 4.79 Å². The third kappa shape index (κ3) is 3.15. The van der Waals surface area contributed by atoms with E-state index in [0.717, 1.165) is 30.8 Å². The number of carbonyl (C=O) groups is 2. The maximum absolute atomic E-state index is 12.1. The number of aliphatic carboxylic acids is 1. The SMILES string of the molecule is O=C(O)[C@H]1CCCN1C(=O)CC1CCSCC1. The number of rotatable bonds is 3. The van der Waals surface area contributed by atoms with Crippen molar-refractivity contribution in [2.45, 2.75) is 38.1 Å². The molecule has 2 aliphatic rings. The van der Waals surface area contributed by atoms with Crippen molar-refractivity contribution in [2.24, 2.45) is 5.92 Å². The zero-order valence-electron chi connectivity index (χ0n) is 9.93. The van der Waals surface area contributed by atoms with Crippen LogP contribution < -0.4 is 0 Å². The van der Waals surface area contributed by atoms with E-state index in [1.54, 1.807) is 4.90 Å². The zero-order chi connectivity index (χ0) is 12.3. The lowest BCUT2D eigenvalue weighted by atomic mass is 9.98. The number of thioether (sulfide) groups is 1. The van der Waals surface area contributed by atoms with E-state index < -0.39 is 12.0 Å². The van der Waals surface area contributed by atoms with Crippen molar-refractivity contribution in [3.05, 3.63) is 0 Å². The Bertz CT molecular complexity index is 302. The van der Waals surface area contributed by atoms with Gasteiger partial charge in [-0.15, -0.1) is 0 Å². The summed E-state index contributed by atoms with van der Waals surface area (Å²) in [6.07, 6.45) is 4.18. The van der Waals surface area contributed by atoms with Gasteiger partial charge in [0, 0.05) is 13.0 Å². The van der Waals surface area contributed by atoms with E-state index in [-0.39, 0.29) is 5.91 Å². The Morgan fingerprint density at radius 1 is 1.24 bits per heavy atom. The van der Waals surface area contributed by atoms with Gasteiger partial charge in [0.05, 0.1) is 0 Å². The lowest BCUT2D eigenvalue weighted by Crippen LogP contribution is -2.41. The van der Waals surface area contributed by atoms with E-state index in [0.29, 0.717) is 25.3 Å². The fourth-order valence-corrected chi connectivity index (χ4v) is 3.84. The Morgan fingerprint density at radius 2 is 1.94 bits per heavy atom. The Labute approximate surface area is 106 Å². The Balaban J connectivity index is 1.88. The predicted octanol–water partition coefficient (Wildman–Crippen LogP) is 1.60. The number of hydrogen-bond donors (Lipinski definition) is 1. The number of nitrogens with zero attached hydrogens (tertiary/aromatic N) is 1. The number of carboxylic acid groups (broad SMARTS) is 1. The highest BCUT2D eigenvalue weighted by Crippen LogP contribution is 2.27. The van der Waals surface area contributed by atoms with Gasteiger partial charge in [-0.2, -0.15) is 11.8 Å². The molecule has 1 amide bonds. The molecule has 96 valence electrons. The number of amides is 1. The smallest absolute Gasteiger partial charge is 0.326 e. The Kier molecular flexibility index (Phi) is 4.31. The molecule has 0 aromatic carbocycles. The third-order valence-electron chi connectivity index (χ3n) is 3.66. The van der Waals surface area contributed by atoms with Crippen LogP contribution >= 0.6 is 11.8 Å². The van der Waals surface area contributed by atoms with Gasteiger partial charge in [0.1, 0.15) is 6.04 Å². The summed E-state index contributed by atoms with van der Waals surface area (Å²) >= 11 is 1.94. The Hall–Kier alpha value is -0.710. The lowest BCUT2D eigenvalue weighted by Gasteiger charge is -2.26. The highest BCUT2D eigenvalue weighted by Gasteiger charge is 2.34. The summed E-state index contributed by atoms with van der Waals surface area (Å²) in [5, 5.41) is 9.04. The minimum absolute atomic E-state index is 0.0480. The van der Waals surface area contributed by atoms with Gasteiger partial charge in [-0.1, -0.05) is 0 Å². The molecule has 0 radical (unpaired) electrons. The van der Waals surface area contributed by atoms with Gasteiger partial charge in [0.2, 0.25) is 5.91 Å². The fourth-order valence-electron chi connectivity index (χ4n) is 2.64. The number of carboxylic acids is 1. The van der Waals surface area contributed by atoms with Crippen LogP contribution in [0.5, 0.6) is 0 Å². The molecule has 1 atom stereocenters. The van der Waals surface area contributed by atoms with Gasteiger partial charge in [0.15, 0.2) is 0 Å². The highest BCUT2D eigenvalue weighted by molar-refractivity contribution is 7.99. The van der Waals surface area contributed by atoms with E-state index in [1.165, 1.54) is 0 Å². The average Bonchev–Trinajstić information content (AvgIpc) is 2.79. The van der Waals surface area contributed by atoms with Crippen LogP contribution in [0, 0.1) is 5.92 Å². The molecule has 0 saturated carbocycles. The van der Waals surface area contributed by atoms with Crippen molar-refractivity contribution in [1.29, 1.82) is 0 Å². The summed E-state index contributed by atoms with van der Waals surface area (Å²) in [5.74, 6) is 1.95. The lowest BCUT2D eigenvalue weighted by molar-refractivity contribution is -0.148. The standard InChI is InChI=1S/C12H19NO3S/c14-11(8-9-3-6-17-7-4-9)13-5-1-2-10(13)12(15)16/h9-10H,1-8H2,(H,15,16)/t10-/m1/s1. The van der Waals surface area contributed by atoms with Crippen molar-refractivity contribution in [2.75, 3.05) is 18.1 Å². The molecule has 17 heavy (non-hydrogen) atoms. The molecule has 5 heteroatoms. The van der Waals surface area contributed by atoms with Crippen LogP contribution in [0.15, 0.2) is 0 Å². The van der Waals surface area contributed by atoms with Gasteiger partial charge >= 0.3 is 5.97 Å². The molecule has 2 heterocycles. The second-order valence-corrected chi connectivity index (χ2v) is 6.07. The molecule has 2 aliphatic heterocycles. The van der Waals surface area contributed by atoms with Gasteiger partial charge in [-0.05, 0) is 43.1 Å². The highest BCUT2D eigenvalue weighted by atomic mass is 32.2. The van der Waals surface area contributed by atoms with Crippen LogP contribution in [0.4, 0.5) is 0 Å². The molecular weight excluding hydrogens is 238 g/mol. The molecule has 1 N–H and O–H groups in total. The summed E-state index contributed by atoms with van der Waals surface area (Å²) in [5.41, 5.74) is 0. The van der Waals surface area contributed by atoms with Crippen molar-refractivity contribution in [3.8, 4) is 0 Å². The molecule has 0 bridgehead atoms. The van der Waals surface area contributed by atoms with Gasteiger partial charge < -0.3 is 10.0 Å². The van der Waals surface area contributed by atoms with Crippen LogP contribution in [-0.4, -0.2) is 46.0 Å². The van der Waals surface area contributed by atoms with E-state index >= 15 is 0 Å². The van der Waals surface area contributed by atoms with Crippen LogP contribution in [0.3, 0.4) is 0 Å². The van der Waals surface area contributed by atoms with E-state index in [2.05, 4.69) is 0 Å². The van der Waals surface area contributed by atoms with E-state index in [9.17, 15) is 9.59 Å². The van der Waals surface area contributed by atoms with Crippen LogP contribution in [0.2, 0.25) is 0 Å². The minimum atomic E-state index is -0.852. The summed E-state index contributed by atoms with van der Waals surface area (Å²) < 4.78 is 0. The summed E-state index contributed by atoms with van der Waals surface area (Å²) in [4.78, 5) is 24.7. The van der Waals surface area contributed by atoms with Gasteiger partial charge in [0.25, 0.3) is 0 Å². The topological polar surface area (TPSA) is 57.6 Å². The van der Waals surface area contributed by atoms with Crippen LogP contribution in [0.25, 0.3) is 0 Å². The number of carbonyl (C=O) groups excluding carboxylic acids is 1. The second-order valence-electron chi connectivity index (χ2n) is 4.84. The van der Waals surface area contributed by atoms with Gasteiger partial charge in [-0.25, -0.2) is 4.79 Å². The second kappa shape index (κ2) is 5.76. The molecule has 2 rings (SSSR count). The first-order valence-corrected chi connectivity index (χ1v) is 7.44. The largest absolute Gasteiger partial charge is 0.480 e. The molecule has 2 fully saturated rings. The predicted molar refractivity (Wildman–Crippen MR) is 67.0 cm³/mol. The fraction of sp³-hybridized carbons (Fsp3) is 0.833. The van der Waals surface area contributed by atoms with Crippen LogP contribution in [-0.2, 0) is 9.59 Å². The normalized spacial score (nSPS) is 26.1. The molecule has 0 aromatic heterocycles.